The number of ether oxygens (including phenoxy) is 1. The molecule has 0 aliphatic carbocycles. The lowest BCUT2D eigenvalue weighted by Gasteiger charge is -2.06. The molecule has 0 aromatic heterocycles. The predicted molar refractivity (Wildman–Crippen MR) is 35.5 cm³/mol. The minimum atomic E-state index is 0.167. The van der Waals surface area contributed by atoms with Gasteiger partial charge in [0, 0.05) is 19.9 Å². The molecule has 0 fully saturated rings. The van der Waals surface area contributed by atoms with Crippen LogP contribution in [0, 0.1) is 0 Å². The maximum atomic E-state index is 4.97. The van der Waals surface area contributed by atoms with Crippen molar-refractivity contribution in [2.45, 2.75) is 20.0 Å². The Morgan fingerprint density at radius 2 is 2.12 bits per heavy atom. The van der Waals surface area contributed by atoms with Gasteiger partial charge in [-0.15, -0.1) is 0 Å². The van der Waals surface area contributed by atoms with Crippen molar-refractivity contribution in [3.63, 3.8) is 0 Å². The van der Waals surface area contributed by atoms with E-state index in [-0.39, 0.29) is 6.10 Å². The number of aliphatic imine (C=N–C) groups is 1. The molecule has 0 rings (SSSR count). The molecule has 0 bridgehead atoms. The van der Waals surface area contributed by atoms with Crippen LogP contribution in [0.25, 0.3) is 0 Å². The summed E-state index contributed by atoms with van der Waals surface area (Å²) in [4.78, 5) is 3.95. The van der Waals surface area contributed by atoms with E-state index in [1.807, 2.05) is 13.8 Å². The predicted octanol–water partition coefficient (Wildman–Crippen LogP) is 1.11. The summed E-state index contributed by atoms with van der Waals surface area (Å²) in [5, 5.41) is 0. The normalized spacial score (nSPS) is 16.2. The summed E-state index contributed by atoms with van der Waals surface area (Å²) < 4.78 is 4.97. The molecule has 0 amide bonds. The van der Waals surface area contributed by atoms with E-state index in [1.165, 1.54) is 0 Å². The molecule has 0 aromatic rings. The Hall–Kier alpha value is -0.370. The Labute approximate surface area is 50.6 Å². The molecule has 1 atom stereocenters. The fraction of sp³-hybridized carbons (Fsp3) is 0.833. The maximum absolute atomic E-state index is 4.97. The minimum Gasteiger partial charge on any atom is -0.376 e. The van der Waals surface area contributed by atoms with Crippen molar-refractivity contribution in [1.29, 1.82) is 0 Å². The topological polar surface area (TPSA) is 21.6 Å². The van der Waals surface area contributed by atoms with Crippen LogP contribution in [0.3, 0.4) is 0 Å². The van der Waals surface area contributed by atoms with E-state index in [9.17, 15) is 0 Å². The van der Waals surface area contributed by atoms with Crippen molar-refractivity contribution in [3.05, 3.63) is 0 Å². The average molecular weight is 115 g/mol. The zero-order chi connectivity index (χ0) is 6.57. The van der Waals surface area contributed by atoms with Crippen LogP contribution in [0.15, 0.2) is 4.99 Å². The van der Waals surface area contributed by atoms with Crippen LogP contribution in [0.2, 0.25) is 0 Å². The van der Waals surface area contributed by atoms with Crippen LogP contribution >= 0.6 is 0 Å². The fourth-order valence-electron chi connectivity index (χ4n) is 0.352. The quantitative estimate of drug-likeness (QED) is 0.494. The molecule has 0 aromatic carbocycles. The molecule has 2 heteroatoms. The SMILES string of the molecule is CN=C(C)C(C)OC. The first-order valence-electron chi connectivity index (χ1n) is 2.68. The van der Waals surface area contributed by atoms with Gasteiger partial charge in [-0.1, -0.05) is 0 Å². The van der Waals surface area contributed by atoms with Gasteiger partial charge in [-0.25, -0.2) is 0 Å². The minimum absolute atomic E-state index is 0.167. The lowest BCUT2D eigenvalue weighted by Crippen LogP contribution is -2.15. The third-order valence-electron chi connectivity index (χ3n) is 1.29. The van der Waals surface area contributed by atoms with Gasteiger partial charge in [0.1, 0.15) is 0 Å². The van der Waals surface area contributed by atoms with E-state index in [2.05, 4.69) is 4.99 Å². The second-order valence-electron chi connectivity index (χ2n) is 1.74. The van der Waals surface area contributed by atoms with E-state index >= 15 is 0 Å². The lowest BCUT2D eigenvalue weighted by atomic mass is 10.3. The van der Waals surface area contributed by atoms with E-state index in [0.717, 1.165) is 5.71 Å². The molecule has 8 heavy (non-hydrogen) atoms. The van der Waals surface area contributed by atoms with Crippen LogP contribution in [0.4, 0.5) is 0 Å². The first-order chi connectivity index (χ1) is 3.72. The maximum Gasteiger partial charge on any atom is 0.0916 e. The van der Waals surface area contributed by atoms with Crippen molar-refractivity contribution < 1.29 is 4.74 Å². The Morgan fingerprint density at radius 3 is 2.25 bits per heavy atom. The van der Waals surface area contributed by atoms with Crippen molar-refractivity contribution >= 4 is 5.71 Å². The molecular formula is C6H13NO. The molecule has 0 radical (unpaired) electrons. The Kier molecular flexibility index (Phi) is 3.44. The standard InChI is InChI=1S/C6H13NO/c1-5(7-3)6(2)8-4/h6H,1-4H3. The zero-order valence-electron chi connectivity index (χ0n) is 5.93. The summed E-state index contributed by atoms with van der Waals surface area (Å²) in [6.45, 7) is 3.93. The van der Waals surface area contributed by atoms with Gasteiger partial charge in [-0.2, -0.15) is 0 Å². The molecule has 2 nitrogen and oxygen atoms in total. The highest BCUT2D eigenvalue weighted by Gasteiger charge is 1.99. The first-order valence-corrected chi connectivity index (χ1v) is 2.68. The molecule has 0 N–H and O–H groups in total. The second-order valence-corrected chi connectivity index (χ2v) is 1.74. The average Bonchev–Trinajstić information content (AvgIpc) is 1.84. The molecule has 0 aliphatic rings. The molecule has 48 valence electrons. The van der Waals surface area contributed by atoms with Gasteiger partial charge < -0.3 is 4.74 Å². The molecule has 0 aliphatic heterocycles. The van der Waals surface area contributed by atoms with Crippen molar-refractivity contribution in [1.82, 2.24) is 0 Å². The van der Waals surface area contributed by atoms with E-state index in [4.69, 9.17) is 4.74 Å². The van der Waals surface area contributed by atoms with Crippen molar-refractivity contribution in [2.75, 3.05) is 14.2 Å². The van der Waals surface area contributed by atoms with Gasteiger partial charge in [0.2, 0.25) is 0 Å². The third-order valence-corrected chi connectivity index (χ3v) is 1.29. The van der Waals surface area contributed by atoms with Gasteiger partial charge in [0.25, 0.3) is 0 Å². The molecule has 1 unspecified atom stereocenters. The zero-order valence-corrected chi connectivity index (χ0v) is 5.93. The Balaban J connectivity index is 3.63. The van der Waals surface area contributed by atoms with Gasteiger partial charge in [-0.3, -0.25) is 4.99 Å². The van der Waals surface area contributed by atoms with Gasteiger partial charge in [0.15, 0.2) is 0 Å². The van der Waals surface area contributed by atoms with E-state index < -0.39 is 0 Å². The highest BCUT2D eigenvalue weighted by Crippen LogP contribution is 1.89. The summed E-state index contributed by atoms with van der Waals surface area (Å²) in [6.07, 6.45) is 0.167. The monoisotopic (exact) mass is 115 g/mol. The highest BCUT2D eigenvalue weighted by molar-refractivity contribution is 5.85. The summed E-state index contributed by atoms with van der Waals surface area (Å²) in [6, 6.07) is 0. The Morgan fingerprint density at radius 1 is 1.62 bits per heavy atom. The van der Waals surface area contributed by atoms with Gasteiger partial charge in [-0.05, 0) is 13.8 Å². The molecule has 0 heterocycles. The summed E-state index contributed by atoms with van der Waals surface area (Å²) in [5.41, 5.74) is 1.03. The van der Waals surface area contributed by atoms with Crippen LogP contribution in [0.1, 0.15) is 13.8 Å². The first kappa shape index (κ1) is 7.63. The third kappa shape index (κ3) is 2.07. The number of hydrogen-bond donors (Lipinski definition) is 0. The highest BCUT2D eigenvalue weighted by atomic mass is 16.5. The number of nitrogens with zero attached hydrogens (tertiary/aromatic N) is 1. The smallest absolute Gasteiger partial charge is 0.0916 e. The molecular weight excluding hydrogens is 102 g/mol. The Bertz CT molecular complexity index is 88.5. The van der Waals surface area contributed by atoms with Crippen LogP contribution in [-0.4, -0.2) is 26.0 Å². The van der Waals surface area contributed by atoms with Crippen LogP contribution in [-0.2, 0) is 4.74 Å². The second kappa shape index (κ2) is 3.61. The van der Waals surface area contributed by atoms with Crippen molar-refractivity contribution in [3.8, 4) is 0 Å². The van der Waals surface area contributed by atoms with Gasteiger partial charge in [0.05, 0.1) is 6.10 Å². The van der Waals surface area contributed by atoms with E-state index in [0.29, 0.717) is 0 Å². The lowest BCUT2D eigenvalue weighted by molar-refractivity contribution is 0.170. The van der Waals surface area contributed by atoms with Gasteiger partial charge >= 0.3 is 0 Å². The summed E-state index contributed by atoms with van der Waals surface area (Å²) >= 11 is 0. The van der Waals surface area contributed by atoms with E-state index in [1.54, 1.807) is 14.2 Å². The summed E-state index contributed by atoms with van der Waals surface area (Å²) in [7, 11) is 3.45. The van der Waals surface area contributed by atoms with Crippen LogP contribution < -0.4 is 0 Å². The summed E-state index contributed by atoms with van der Waals surface area (Å²) in [5.74, 6) is 0. The molecule has 0 spiro atoms. The largest absolute Gasteiger partial charge is 0.376 e. The van der Waals surface area contributed by atoms with Crippen molar-refractivity contribution in [2.24, 2.45) is 4.99 Å². The number of hydrogen-bond acceptors (Lipinski definition) is 2. The molecule has 0 saturated heterocycles. The number of methoxy groups -OCH3 is 1. The number of rotatable bonds is 2. The molecule has 0 saturated carbocycles. The van der Waals surface area contributed by atoms with Crippen LogP contribution in [0.5, 0.6) is 0 Å². The fourth-order valence-corrected chi connectivity index (χ4v) is 0.352.